The first-order valence-corrected chi connectivity index (χ1v) is 6.80. The molecule has 4 rings (SSSR count). The van der Waals surface area contributed by atoms with Crippen LogP contribution in [0.15, 0.2) is 59.4 Å². The van der Waals surface area contributed by atoms with Gasteiger partial charge in [-0.1, -0.05) is 29.4 Å². The van der Waals surface area contributed by atoms with Crippen LogP contribution in [-0.4, -0.2) is 19.5 Å². The number of rotatable bonds is 3. The van der Waals surface area contributed by atoms with Crippen molar-refractivity contribution in [3.8, 4) is 11.6 Å². The van der Waals surface area contributed by atoms with Gasteiger partial charge in [-0.3, -0.25) is 4.40 Å². The van der Waals surface area contributed by atoms with Crippen LogP contribution >= 0.6 is 0 Å². The molecule has 0 spiro atoms. The lowest BCUT2D eigenvalue weighted by molar-refractivity contribution is 0.422. The summed E-state index contributed by atoms with van der Waals surface area (Å²) in [6.45, 7) is 0. The Morgan fingerprint density at radius 1 is 1.09 bits per heavy atom. The smallest absolute Gasteiger partial charge is 0.276 e. The van der Waals surface area contributed by atoms with Crippen molar-refractivity contribution < 1.29 is 8.91 Å². The molecule has 0 aliphatic rings. The summed E-state index contributed by atoms with van der Waals surface area (Å²) >= 11 is 0. The average Bonchev–Trinajstić information content (AvgIpc) is 3.16. The first-order chi connectivity index (χ1) is 10.8. The van der Waals surface area contributed by atoms with E-state index in [0.29, 0.717) is 23.0 Å². The van der Waals surface area contributed by atoms with Crippen molar-refractivity contribution in [2.24, 2.45) is 0 Å². The predicted octanol–water partition coefficient (Wildman–Crippen LogP) is 3.11. The van der Waals surface area contributed by atoms with Crippen molar-refractivity contribution in [3.63, 3.8) is 0 Å². The molecule has 3 heterocycles. The molecule has 4 aromatic rings. The van der Waals surface area contributed by atoms with E-state index in [1.165, 1.54) is 6.07 Å². The van der Waals surface area contributed by atoms with Crippen LogP contribution in [0.1, 0.15) is 11.4 Å². The summed E-state index contributed by atoms with van der Waals surface area (Å²) in [5, 5.41) is 3.92. The molecular formula is C16H11FN4O. The molecule has 0 atom stereocenters. The lowest BCUT2D eigenvalue weighted by Crippen LogP contribution is -1.94. The van der Waals surface area contributed by atoms with Gasteiger partial charge in [-0.25, -0.2) is 9.37 Å². The molecule has 6 heteroatoms. The summed E-state index contributed by atoms with van der Waals surface area (Å²) in [7, 11) is 0. The molecule has 108 valence electrons. The Morgan fingerprint density at radius 2 is 1.95 bits per heavy atom. The van der Waals surface area contributed by atoms with Gasteiger partial charge in [0.1, 0.15) is 17.2 Å². The average molecular weight is 294 g/mol. The van der Waals surface area contributed by atoms with Crippen LogP contribution in [0, 0.1) is 5.82 Å². The fourth-order valence-electron chi connectivity index (χ4n) is 2.33. The lowest BCUT2D eigenvalue weighted by Gasteiger charge is -1.97. The summed E-state index contributed by atoms with van der Waals surface area (Å²) in [5.41, 5.74) is 2.04. The van der Waals surface area contributed by atoms with Gasteiger partial charge in [0.15, 0.2) is 5.82 Å². The maximum Gasteiger partial charge on any atom is 0.276 e. The molecule has 3 aromatic heterocycles. The Hall–Kier alpha value is -3.02. The Kier molecular flexibility index (Phi) is 2.93. The van der Waals surface area contributed by atoms with E-state index in [0.717, 1.165) is 5.65 Å². The number of fused-ring (bicyclic) bond motifs is 1. The van der Waals surface area contributed by atoms with Gasteiger partial charge in [0.2, 0.25) is 0 Å². The van der Waals surface area contributed by atoms with E-state index in [9.17, 15) is 4.39 Å². The number of nitrogens with zero attached hydrogens (tertiary/aromatic N) is 4. The third-order valence-corrected chi connectivity index (χ3v) is 3.41. The topological polar surface area (TPSA) is 56.2 Å². The van der Waals surface area contributed by atoms with Crippen molar-refractivity contribution in [1.82, 2.24) is 19.5 Å². The largest absolute Gasteiger partial charge is 0.332 e. The second-order valence-electron chi connectivity index (χ2n) is 4.86. The zero-order chi connectivity index (χ0) is 14.9. The molecule has 22 heavy (non-hydrogen) atoms. The van der Waals surface area contributed by atoms with Gasteiger partial charge in [-0.2, -0.15) is 4.98 Å². The summed E-state index contributed by atoms with van der Waals surface area (Å²) in [4.78, 5) is 8.61. The summed E-state index contributed by atoms with van der Waals surface area (Å²) in [5.74, 6) is 0.527. The summed E-state index contributed by atoms with van der Waals surface area (Å²) in [6.07, 6.45) is 3.83. The van der Waals surface area contributed by atoms with E-state index >= 15 is 0 Å². The second-order valence-corrected chi connectivity index (χ2v) is 4.86. The molecule has 0 saturated carbocycles. The molecule has 0 amide bonds. The van der Waals surface area contributed by atoms with Crippen molar-refractivity contribution in [2.75, 3.05) is 0 Å². The normalized spacial score (nSPS) is 11.1. The van der Waals surface area contributed by atoms with Crippen LogP contribution in [0.5, 0.6) is 0 Å². The minimum absolute atomic E-state index is 0.274. The molecule has 0 fully saturated rings. The number of aromatic nitrogens is 4. The second kappa shape index (κ2) is 5.07. The first kappa shape index (κ1) is 12.7. The molecule has 0 radical (unpaired) electrons. The van der Waals surface area contributed by atoms with E-state index in [2.05, 4.69) is 15.1 Å². The van der Waals surface area contributed by atoms with Gasteiger partial charge in [0, 0.05) is 12.6 Å². The van der Waals surface area contributed by atoms with E-state index in [4.69, 9.17) is 4.52 Å². The van der Waals surface area contributed by atoms with E-state index < -0.39 is 0 Å². The fourth-order valence-corrected chi connectivity index (χ4v) is 2.33. The van der Waals surface area contributed by atoms with Gasteiger partial charge in [-0.15, -0.1) is 0 Å². The highest BCUT2D eigenvalue weighted by Crippen LogP contribution is 2.20. The van der Waals surface area contributed by atoms with Crippen molar-refractivity contribution in [1.29, 1.82) is 0 Å². The number of hydrogen-bond acceptors (Lipinski definition) is 4. The number of imidazole rings is 1. The quantitative estimate of drug-likeness (QED) is 0.582. The highest BCUT2D eigenvalue weighted by Gasteiger charge is 2.14. The van der Waals surface area contributed by atoms with Crippen molar-refractivity contribution >= 4 is 5.65 Å². The SMILES string of the molecule is Fc1ccccc1Cc1noc(-c2cnc3ccccn23)n1. The number of benzene rings is 1. The molecule has 0 saturated heterocycles. The number of pyridine rings is 1. The van der Waals surface area contributed by atoms with Gasteiger partial charge in [-0.05, 0) is 23.8 Å². The minimum atomic E-state index is -0.274. The van der Waals surface area contributed by atoms with E-state index in [1.54, 1.807) is 24.4 Å². The van der Waals surface area contributed by atoms with Gasteiger partial charge < -0.3 is 4.52 Å². The zero-order valence-corrected chi connectivity index (χ0v) is 11.5. The molecule has 0 aliphatic carbocycles. The van der Waals surface area contributed by atoms with Crippen molar-refractivity contribution in [2.45, 2.75) is 6.42 Å². The molecule has 0 aliphatic heterocycles. The van der Waals surface area contributed by atoms with Gasteiger partial charge in [0.05, 0.1) is 6.20 Å². The minimum Gasteiger partial charge on any atom is -0.332 e. The lowest BCUT2D eigenvalue weighted by atomic mass is 10.1. The number of hydrogen-bond donors (Lipinski definition) is 0. The molecule has 0 unspecified atom stereocenters. The molecule has 0 bridgehead atoms. The molecule has 0 N–H and O–H groups in total. The standard InChI is InChI=1S/C16H11FN4O/c17-12-6-2-1-5-11(12)9-14-19-16(22-20-14)13-10-18-15-7-3-4-8-21(13)15/h1-8,10H,9H2. The van der Waals surface area contributed by atoms with Crippen LogP contribution in [0.4, 0.5) is 4.39 Å². The van der Waals surface area contributed by atoms with Crippen molar-refractivity contribution in [3.05, 3.63) is 72.1 Å². The highest BCUT2D eigenvalue weighted by atomic mass is 19.1. The molecule has 5 nitrogen and oxygen atoms in total. The highest BCUT2D eigenvalue weighted by molar-refractivity contribution is 5.55. The van der Waals surface area contributed by atoms with Crippen LogP contribution in [-0.2, 0) is 6.42 Å². The maximum atomic E-state index is 13.7. The Labute approximate surface area is 125 Å². The monoisotopic (exact) mass is 294 g/mol. The predicted molar refractivity (Wildman–Crippen MR) is 77.7 cm³/mol. The Morgan fingerprint density at radius 3 is 2.86 bits per heavy atom. The Bertz CT molecular complexity index is 944. The van der Waals surface area contributed by atoms with Crippen LogP contribution < -0.4 is 0 Å². The fraction of sp³-hybridized carbons (Fsp3) is 0.0625. The first-order valence-electron chi connectivity index (χ1n) is 6.80. The van der Waals surface area contributed by atoms with Gasteiger partial charge >= 0.3 is 0 Å². The van der Waals surface area contributed by atoms with Crippen LogP contribution in [0.2, 0.25) is 0 Å². The maximum absolute atomic E-state index is 13.7. The van der Waals surface area contributed by atoms with E-state index in [1.807, 2.05) is 28.8 Å². The molecular weight excluding hydrogens is 283 g/mol. The van der Waals surface area contributed by atoms with Gasteiger partial charge in [0.25, 0.3) is 5.89 Å². The summed E-state index contributed by atoms with van der Waals surface area (Å²) < 4.78 is 20.8. The van der Waals surface area contributed by atoms with Crippen LogP contribution in [0.25, 0.3) is 17.2 Å². The number of halogens is 1. The van der Waals surface area contributed by atoms with E-state index in [-0.39, 0.29) is 12.2 Å². The van der Waals surface area contributed by atoms with Crippen LogP contribution in [0.3, 0.4) is 0 Å². The summed E-state index contributed by atoms with van der Waals surface area (Å²) in [6, 6.07) is 12.3. The third-order valence-electron chi connectivity index (χ3n) is 3.41. The zero-order valence-electron chi connectivity index (χ0n) is 11.5. The Balaban J connectivity index is 1.68. The molecule has 1 aromatic carbocycles. The third kappa shape index (κ3) is 2.14.